The number of carbonyl (C=O) groups excluding carboxylic acids is 2. The molecule has 0 atom stereocenters. The summed E-state index contributed by atoms with van der Waals surface area (Å²) in [4.78, 5) is 27.8. The lowest BCUT2D eigenvalue weighted by Gasteiger charge is -2.20. The first-order chi connectivity index (χ1) is 10.2. The number of para-hydroxylation sites is 1. The smallest absolute Gasteiger partial charge is 0.262 e. The van der Waals surface area contributed by atoms with E-state index in [9.17, 15) is 9.59 Å². The average molecular weight is 283 g/mol. The number of hydrogen-bond acceptors (Lipinski definition) is 4. The van der Waals surface area contributed by atoms with Crippen LogP contribution in [0.4, 0.5) is 5.69 Å². The molecule has 1 aromatic carbocycles. The summed E-state index contributed by atoms with van der Waals surface area (Å²) in [5, 5.41) is 5.44. The highest BCUT2D eigenvalue weighted by atomic mass is 16.5. The fourth-order valence-electron chi connectivity index (χ4n) is 2.06. The number of pyridine rings is 1. The Labute approximate surface area is 121 Å². The Morgan fingerprint density at radius 3 is 3.00 bits per heavy atom. The van der Waals surface area contributed by atoms with Gasteiger partial charge in [-0.3, -0.25) is 14.6 Å². The molecule has 1 aliphatic heterocycles. The zero-order valence-corrected chi connectivity index (χ0v) is 11.1. The highest BCUT2D eigenvalue weighted by Gasteiger charge is 2.22. The molecule has 0 unspecified atom stereocenters. The number of aromatic nitrogens is 1. The quantitative estimate of drug-likeness (QED) is 0.891. The predicted molar refractivity (Wildman–Crippen MR) is 76.0 cm³/mol. The second-order valence-electron chi connectivity index (χ2n) is 4.52. The van der Waals surface area contributed by atoms with Crippen LogP contribution in [-0.4, -0.2) is 23.4 Å². The predicted octanol–water partition coefficient (Wildman–Crippen LogP) is 1.34. The minimum atomic E-state index is -0.289. The first kappa shape index (κ1) is 13.1. The fourth-order valence-corrected chi connectivity index (χ4v) is 2.06. The van der Waals surface area contributed by atoms with Crippen LogP contribution in [0.1, 0.15) is 16.1 Å². The van der Waals surface area contributed by atoms with Crippen molar-refractivity contribution in [2.45, 2.75) is 6.54 Å². The molecule has 6 nitrogen and oxygen atoms in total. The first-order valence-corrected chi connectivity index (χ1v) is 6.48. The lowest BCUT2D eigenvalue weighted by molar-refractivity contribution is -0.118. The molecule has 0 aliphatic carbocycles. The summed E-state index contributed by atoms with van der Waals surface area (Å²) in [5.74, 6) is -0.0594. The molecule has 1 aliphatic rings. The number of carbonyl (C=O) groups is 2. The summed E-state index contributed by atoms with van der Waals surface area (Å²) in [7, 11) is 0. The van der Waals surface area contributed by atoms with Crippen molar-refractivity contribution in [2.75, 3.05) is 11.9 Å². The summed E-state index contributed by atoms with van der Waals surface area (Å²) in [6, 6.07) is 10.6. The van der Waals surface area contributed by atoms with Crippen LogP contribution in [0.3, 0.4) is 0 Å². The molecule has 0 radical (unpaired) electrons. The first-order valence-electron chi connectivity index (χ1n) is 6.48. The highest BCUT2D eigenvalue weighted by Crippen LogP contribution is 2.30. The lowest BCUT2D eigenvalue weighted by Crippen LogP contribution is -2.29. The van der Waals surface area contributed by atoms with Gasteiger partial charge in [-0.05, 0) is 24.3 Å². The van der Waals surface area contributed by atoms with Crippen LogP contribution in [0.5, 0.6) is 5.75 Å². The van der Waals surface area contributed by atoms with Crippen LogP contribution < -0.4 is 15.4 Å². The molecule has 3 rings (SSSR count). The Morgan fingerprint density at radius 1 is 1.29 bits per heavy atom. The average Bonchev–Trinajstić information content (AvgIpc) is 2.53. The van der Waals surface area contributed by atoms with Crippen molar-refractivity contribution >= 4 is 17.5 Å². The van der Waals surface area contributed by atoms with Gasteiger partial charge in [0.25, 0.3) is 11.8 Å². The van der Waals surface area contributed by atoms with Gasteiger partial charge in [0.2, 0.25) is 0 Å². The maximum Gasteiger partial charge on any atom is 0.262 e. The molecule has 6 heteroatoms. The van der Waals surface area contributed by atoms with Gasteiger partial charge in [-0.1, -0.05) is 12.1 Å². The van der Waals surface area contributed by atoms with E-state index in [1.54, 1.807) is 24.4 Å². The van der Waals surface area contributed by atoms with Crippen molar-refractivity contribution in [3.8, 4) is 5.75 Å². The number of rotatable bonds is 3. The summed E-state index contributed by atoms with van der Waals surface area (Å²) in [6.07, 6.45) is 1.67. The van der Waals surface area contributed by atoms with Gasteiger partial charge in [-0.2, -0.15) is 0 Å². The van der Waals surface area contributed by atoms with Crippen LogP contribution in [0.15, 0.2) is 42.6 Å². The molecule has 2 N–H and O–H groups in total. The summed E-state index contributed by atoms with van der Waals surface area (Å²) < 4.78 is 5.28. The summed E-state index contributed by atoms with van der Waals surface area (Å²) in [5.41, 5.74) is 1.54. The van der Waals surface area contributed by atoms with E-state index in [2.05, 4.69) is 15.6 Å². The minimum Gasteiger partial charge on any atom is -0.482 e. The van der Waals surface area contributed by atoms with E-state index >= 15 is 0 Å². The molecule has 21 heavy (non-hydrogen) atoms. The van der Waals surface area contributed by atoms with Gasteiger partial charge in [0.1, 0.15) is 5.75 Å². The number of hydrogen-bond donors (Lipinski definition) is 2. The van der Waals surface area contributed by atoms with Crippen molar-refractivity contribution in [1.29, 1.82) is 0 Å². The molecule has 0 fully saturated rings. The van der Waals surface area contributed by atoms with Crippen LogP contribution in [0.2, 0.25) is 0 Å². The van der Waals surface area contributed by atoms with Crippen molar-refractivity contribution in [3.63, 3.8) is 0 Å². The zero-order valence-electron chi connectivity index (χ0n) is 11.1. The van der Waals surface area contributed by atoms with Crippen molar-refractivity contribution in [2.24, 2.45) is 0 Å². The summed E-state index contributed by atoms with van der Waals surface area (Å²) in [6.45, 7) is 0.282. The summed E-state index contributed by atoms with van der Waals surface area (Å²) >= 11 is 0. The minimum absolute atomic E-state index is 0.0357. The molecular weight excluding hydrogens is 270 g/mol. The third-order valence-corrected chi connectivity index (χ3v) is 3.05. The maximum atomic E-state index is 12.3. The van der Waals surface area contributed by atoms with E-state index in [0.29, 0.717) is 23.5 Å². The Hall–Kier alpha value is -2.89. The van der Waals surface area contributed by atoms with Gasteiger partial charge in [-0.15, -0.1) is 0 Å². The van der Waals surface area contributed by atoms with E-state index in [4.69, 9.17) is 4.74 Å². The number of nitrogens with zero attached hydrogens (tertiary/aromatic N) is 1. The Morgan fingerprint density at radius 2 is 2.19 bits per heavy atom. The number of benzene rings is 1. The van der Waals surface area contributed by atoms with Gasteiger partial charge < -0.3 is 15.4 Å². The Balaban J connectivity index is 1.77. The number of ether oxygens (including phenoxy) is 1. The van der Waals surface area contributed by atoms with Crippen molar-refractivity contribution in [1.82, 2.24) is 10.3 Å². The van der Waals surface area contributed by atoms with Crippen LogP contribution in [0, 0.1) is 0 Å². The van der Waals surface area contributed by atoms with E-state index < -0.39 is 0 Å². The standard InChI is InChI=1S/C15H13N3O3/c19-13-9-21-12-6-3-5-11(14(12)18-13)15(20)17-8-10-4-1-2-7-16-10/h1-7H,8-9H2,(H,17,20)(H,18,19). The molecule has 0 spiro atoms. The van der Waals surface area contributed by atoms with Crippen molar-refractivity contribution in [3.05, 3.63) is 53.9 Å². The molecular formula is C15H13N3O3. The van der Waals surface area contributed by atoms with E-state index in [0.717, 1.165) is 5.69 Å². The van der Waals surface area contributed by atoms with Gasteiger partial charge in [-0.25, -0.2) is 0 Å². The van der Waals surface area contributed by atoms with E-state index in [1.807, 2.05) is 18.2 Å². The number of anilines is 1. The van der Waals surface area contributed by atoms with Gasteiger partial charge in [0, 0.05) is 6.20 Å². The second kappa shape index (κ2) is 5.62. The van der Waals surface area contributed by atoms with Crippen molar-refractivity contribution < 1.29 is 14.3 Å². The topological polar surface area (TPSA) is 80.3 Å². The number of amides is 2. The third-order valence-electron chi connectivity index (χ3n) is 3.05. The van der Waals surface area contributed by atoms with E-state index in [-0.39, 0.29) is 18.4 Å². The Bertz CT molecular complexity index is 686. The van der Waals surface area contributed by atoms with Crippen LogP contribution >= 0.6 is 0 Å². The van der Waals surface area contributed by atoms with Gasteiger partial charge >= 0.3 is 0 Å². The van der Waals surface area contributed by atoms with Gasteiger partial charge in [0.15, 0.2) is 6.61 Å². The zero-order chi connectivity index (χ0) is 14.7. The third kappa shape index (κ3) is 2.84. The fraction of sp³-hybridized carbons (Fsp3) is 0.133. The monoisotopic (exact) mass is 283 g/mol. The molecule has 2 heterocycles. The molecule has 0 saturated heterocycles. The molecule has 106 valence electrons. The van der Waals surface area contributed by atoms with E-state index in [1.165, 1.54) is 0 Å². The molecule has 0 bridgehead atoms. The second-order valence-corrected chi connectivity index (χ2v) is 4.52. The van der Waals surface area contributed by atoms with Crippen LogP contribution in [0.25, 0.3) is 0 Å². The molecule has 1 aromatic heterocycles. The number of nitrogens with one attached hydrogen (secondary N) is 2. The number of fused-ring (bicyclic) bond motifs is 1. The maximum absolute atomic E-state index is 12.3. The molecule has 2 aromatic rings. The van der Waals surface area contributed by atoms with Crippen LogP contribution in [-0.2, 0) is 11.3 Å². The lowest BCUT2D eigenvalue weighted by atomic mass is 10.1. The molecule has 2 amide bonds. The van der Waals surface area contributed by atoms with Gasteiger partial charge in [0.05, 0.1) is 23.5 Å². The SMILES string of the molecule is O=C1COc2cccc(C(=O)NCc3ccccn3)c2N1. The normalized spacial score (nSPS) is 12.9. The largest absolute Gasteiger partial charge is 0.482 e. The molecule has 0 saturated carbocycles. The highest BCUT2D eigenvalue weighted by molar-refractivity contribution is 6.06. The Kier molecular flexibility index (Phi) is 3.51.